The van der Waals surface area contributed by atoms with Gasteiger partial charge in [0.25, 0.3) is 0 Å². The Balaban J connectivity index is 1.63. The van der Waals surface area contributed by atoms with Crippen molar-refractivity contribution in [1.29, 1.82) is 0 Å². The SMILES string of the molecule is CCOc1ccc(C(=O)Oc2ccc(/C=N\NC(=O)C(=O)Nc3cc(Cl)ccc3Cl)cc2OCC)cc1. The third kappa shape index (κ3) is 7.96. The van der Waals surface area contributed by atoms with Gasteiger partial charge in [-0.05, 0) is 80.1 Å². The molecule has 9 nitrogen and oxygen atoms in total. The van der Waals surface area contributed by atoms with E-state index >= 15 is 0 Å². The number of hydrazone groups is 1. The summed E-state index contributed by atoms with van der Waals surface area (Å²) in [5.41, 5.74) is 3.18. The summed E-state index contributed by atoms with van der Waals surface area (Å²) in [4.78, 5) is 36.7. The number of rotatable bonds is 9. The van der Waals surface area contributed by atoms with Crippen LogP contribution in [0.3, 0.4) is 0 Å². The summed E-state index contributed by atoms with van der Waals surface area (Å²) in [6.07, 6.45) is 1.30. The number of ether oxygens (including phenoxy) is 3. The van der Waals surface area contributed by atoms with Gasteiger partial charge in [0.05, 0.1) is 35.7 Å². The molecule has 0 aliphatic carbocycles. The standard InChI is InChI=1S/C26H23Cl2N3O6/c1-3-35-19-9-6-17(7-10-19)26(34)37-22-12-5-16(13-23(22)36-4-2)15-29-31-25(33)24(32)30-21-14-18(27)8-11-20(21)28/h5-15H,3-4H2,1-2H3,(H,30,32)(H,31,33)/b29-15-. The van der Waals surface area contributed by atoms with Gasteiger partial charge in [0.15, 0.2) is 11.5 Å². The summed E-state index contributed by atoms with van der Waals surface area (Å²) in [5.74, 6) is -1.41. The van der Waals surface area contributed by atoms with Crippen molar-refractivity contribution in [1.82, 2.24) is 5.43 Å². The van der Waals surface area contributed by atoms with Crippen molar-refractivity contribution < 1.29 is 28.6 Å². The fraction of sp³-hybridized carbons (Fsp3) is 0.154. The van der Waals surface area contributed by atoms with Crippen LogP contribution in [0.25, 0.3) is 0 Å². The van der Waals surface area contributed by atoms with Crippen molar-refractivity contribution in [2.45, 2.75) is 13.8 Å². The summed E-state index contributed by atoms with van der Waals surface area (Å²) in [5, 5.41) is 6.71. The maximum atomic E-state index is 12.6. The molecule has 0 fully saturated rings. The lowest BCUT2D eigenvalue weighted by atomic mass is 10.2. The van der Waals surface area contributed by atoms with Crippen LogP contribution in [0.15, 0.2) is 65.8 Å². The lowest BCUT2D eigenvalue weighted by Crippen LogP contribution is -2.32. The lowest BCUT2D eigenvalue weighted by Gasteiger charge is -2.11. The molecular weight excluding hydrogens is 521 g/mol. The minimum Gasteiger partial charge on any atom is -0.494 e. The molecule has 0 heterocycles. The second-order valence-corrected chi connectivity index (χ2v) is 8.11. The van der Waals surface area contributed by atoms with Crippen molar-refractivity contribution in [3.05, 3.63) is 81.8 Å². The van der Waals surface area contributed by atoms with Crippen molar-refractivity contribution >= 4 is 52.9 Å². The van der Waals surface area contributed by atoms with E-state index in [0.717, 1.165) is 0 Å². The first-order chi connectivity index (χ1) is 17.8. The molecule has 0 saturated carbocycles. The number of halogens is 2. The topological polar surface area (TPSA) is 115 Å². The highest BCUT2D eigenvalue weighted by molar-refractivity contribution is 6.42. The Bertz CT molecular complexity index is 1310. The first kappa shape index (κ1) is 27.5. The van der Waals surface area contributed by atoms with E-state index in [4.69, 9.17) is 37.4 Å². The minimum atomic E-state index is -1.02. The average Bonchev–Trinajstić information content (AvgIpc) is 2.88. The normalized spacial score (nSPS) is 10.6. The van der Waals surface area contributed by atoms with Gasteiger partial charge >= 0.3 is 17.8 Å². The fourth-order valence-corrected chi connectivity index (χ4v) is 3.30. The number of carbonyl (C=O) groups is 3. The molecule has 0 unspecified atom stereocenters. The number of anilines is 1. The lowest BCUT2D eigenvalue weighted by molar-refractivity contribution is -0.136. The third-order valence-electron chi connectivity index (χ3n) is 4.63. The number of esters is 1. The largest absolute Gasteiger partial charge is 0.494 e. The third-order valence-corrected chi connectivity index (χ3v) is 5.20. The molecule has 0 aliphatic heterocycles. The van der Waals surface area contributed by atoms with Crippen LogP contribution in [-0.4, -0.2) is 37.2 Å². The molecule has 2 amide bonds. The summed E-state index contributed by atoms with van der Waals surface area (Å²) in [7, 11) is 0. The summed E-state index contributed by atoms with van der Waals surface area (Å²) >= 11 is 11.9. The Hall–Kier alpha value is -4.08. The number of amides is 2. The van der Waals surface area contributed by atoms with E-state index < -0.39 is 17.8 Å². The number of benzene rings is 3. The zero-order valence-corrected chi connectivity index (χ0v) is 21.4. The molecule has 0 spiro atoms. The van der Waals surface area contributed by atoms with Crippen LogP contribution in [0.1, 0.15) is 29.8 Å². The van der Waals surface area contributed by atoms with E-state index in [0.29, 0.717) is 40.9 Å². The fourth-order valence-electron chi connectivity index (χ4n) is 2.96. The molecule has 0 bridgehead atoms. The molecule has 37 heavy (non-hydrogen) atoms. The molecule has 0 atom stereocenters. The van der Waals surface area contributed by atoms with Crippen molar-refractivity contribution in [2.24, 2.45) is 5.10 Å². The predicted octanol–water partition coefficient (Wildman–Crippen LogP) is 5.10. The monoisotopic (exact) mass is 543 g/mol. The van der Waals surface area contributed by atoms with E-state index in [2.05, 4.69) is 15.8 Å². The van der Waals surface area contributed by atoms with Gasteiger partial charge in [-0.3, -0.25) is 9.59 Å². The van der Waals surface area contributed by atoms with Crippen LogP contribution >= 0.6 is 23.2 Å². The molecule has 0 saturated heterocycles. The second-order valence-electron chi connectivity index (χ2n) is 7.26. The molecule has 3 rings (SSSR count). The maximum absolute atomic E-state index is 12.6. The van der Waals surface area contributed by atoms with Crippen molar-refractivity contribution in [3.63, 3.8) is 0 Å². The maximum Gasteiger partial charge on any atom is 0.343 e. The van der Waals surface area contributed by atoms with Crippen LogP contribution in [0.2, 0.25) is 10.0 Å². The van der Waals surface area contributed by atoms with Gasteiger partial charge in [-0.1, -0.05) is 23.2 Å². The predicted molar refractivity (Wildman–Crippen MR) is 141 cm³/mol. The highest BCUT2D eigenvalue weighted by Gasteiger charge is 2.16. The van der Waals surface area contributed by atoms with E-state index in [1.165, 1.54) is 24.4 Å². The van der Waals surface area contributed by atoms with E-state index in [9.17, 15) is 14.4 Å². The molecule has 0 aromatic heterocycles. The molecule has 0 aliphatic rings. The Labute approximate surface area is 223 Å². The number of nitrogens with one attached hydrogen (secondary N) is 2. The van der Waals surface area contributed by atoms with Crippen molar-refractivity contribution in [3.8, 4) is 17.2 Å². The molecule has 0 radical (unpaired) electrons. The molecule has 3 aromatic carbocycles. The molecule has 2 N–H and O–H groups in total. The average molecular weight is 544 g/mol. The number of hydrogen-bond acceptors (Lipinski definition) is 7. The molecular formula is C26H23Cl2N3O6. The van der Waals surface area contributed by atoms with E-state index in [1.54, 1.807) is 49.4 Å². The second kappa shape index (κ2) is 13.3. The van der Waals surface area contributed by atoms with Crippen molar-refractivity contribution in [2.75, 3.05) is 18.5 Å². The van der Waals surface area contributed by atoms with Crippen LogP contribution < -0.4 is 25.0 Å². The smallest absolute Gasteiger partial charge is 0.343 e. The van der Waals surface area contributed by atoms with Gasteiger partial charge in [0.1, 0.15) is 5.75 Å². The van der Waals surface area contributed by atoms with Crippen LogP contribution in [0, 0.1) is 0 Å². The Kier molecular flexibility index (Phi) is 9.88. The molecule has 192 valence electrons. The van der Waals surface area contributed by atoms with Crippen LogP contribution in [0.5, 0.6) is 17.2 Å². The summed E-state index contributed by atoms with van der Waals surface area (Å²) in [6.45, 7) is 4.49. The van der Waals surface area contributed by atoms with Gasteiger partial charge in [-0.2, -0.15) is 5.10 Å². The first-order valence-electron chi connectivity index (χ1n) is 11.1. The van der Waals surface area contributed by atoms with Gasteiger partial charge in [-0.15, -0.1) is 0 Å². The Morgan fingerprint density at radius 1 is 0.865 bits per heavy atom. The summed E-state index contributed by atoms with van der Waals surface area (Å²) < 4.78 is 16.5. The van der Waals surface area contributed by atoms with E-state index in [-0.39, 0.29) is 16.5 Å². The zero-order valence-electron chi connectivity index (χ0n) is 19.9. The number of hydrogen-bond donors (Lipinski definition) is 2. The quantitative estimate of drug-likeness (QED) is 0.127. The van der Waals surface area contributed by atoms with Gasteiger partial charge < -0.3 is 19.5 Å². The van der Waals surface area contributed by atoms with Crippen LogP contribution in [0.4, 0.5) is 5.69 Å². The highest BCUT2D eigenvalue weighted by Crippen LogP contribution is 2.29. The van der Waals surface area contributed by atoms with Gasteiger partial charge in [0.2, 0.25) is 0 Å². The number of nitrogens with zero attached hydrogens (tertiary/aromatic N) is 1. The van der Waals surface area contributed by atoms with Gasteiger partial charge in [0, 0.05) is 5.02 Å². The Morgan fingerprint density at radius 2 is 1.59 bits per heavy atom. The zero-order chi connectivity index (χ0) is 26.8. The highest BCUT2D eigenvalue weighted by atomic mass is 35.5. The van der Waals surface area contributed by atoms with Gasteiger partial charge in [-0.25, -0.2) is 10.2 Å². The van der Waals surface area contributed by atoms with E-state index in [1.807, 2.05) is 6.92 Å². The minimum absolute atomic E-state index is 0.190. The molecule has 11 heteroatoms. The number of carbonyl (C=O) groups excluding carboxylic acids is 3. The molecule has 3 aromatic rings. The van der Waals surface area contributed by atoms with Crippen LogP contribution in [-0.2, 0) is 9.59 Å². The first-order valence-corrected chi connectivity index (χ1v) is 11.9. The Morgan fingerprint density at radius 3 is 2.30 bits per heavy atom. The summed E-state index contributed by atoms with van der Waals surface area (Å²) in [6, 6.07) is 15.7.